The van der Waals surface area contributed by atoms with Crippen LogP contribution in [-0.4, -0.2) is 19.2 Å². The summed E-state index contributed by atoms with van der Waals surface area (Å²) < 4.78 is 24.9. The Morgan fingerprint density at radius 3 is 2.60 bits per heavy atom. The number of pyridine rings is 1. The fraction of sp³-hybridized carbons (Fsp3) is 0.214. The number of nitrogens with zero attached hydrogens (tertiary/aromatic N) is 1. The van der Waals surface area contributed by atoms with Crippen molar-refractivity contribution in [2.24, 2.45) is 0 Å². The zero-order valence-electron chi connectivity index (χ0n) is 11.0. The summed E-state index contributed by atoms with van der Waals surface area (Å²) in [7, 11) is -3.23. The molecule has 0 radical (unpaired) electrons. The maximum Gasteiger partial charge on any atom is 0.180 e. The van der Waals surface area contributed by atoms with E-state index in [1.54, 1.807) is 31.3 Å². The molecule has 1 aromatic carbocycles. The second kappa shape index (κ2) is 6.37. The minimum atomic E-state index is -3.23. The Bertz CT molecular complexity index is 685. The van der Waals surface area contributed by atoms with Crippen molar-refractivity contribution in [2.75, 3.05) is 11.1 Å². The minimum absolute atomic E-state index is 0.0855. The van der Waals surface area contributed by atoms with Crippen molar-refractivity contribution in [3.63, 3.8) is 0 Å². The van der Waals surface area contributed by atoms with E-state index in [1.807, 2.05) is 18.2 Å². The van der Waals surface area contributed by atoms with E-state index in [9.17, 15) is 8.42 Å². The molecule has 0 atom stereocenters. The molecular formula is C14H15BrN2O2S. The van der Waals surface area contributed by atoms with Gasteiger partial charge in [0.1, 0.15) is 0 Å². The maximum absolute atomic E-state index is 12.0. The van der Waals surface area contributed by atoms with E-state index in [4.69, 9.17) is 0 Å². The van der Waals surface area contributed by atoms with Crippen LogP contribution in [0.2, 0.25) is 0 Å². The van der Waals surface area contributed by atoms with Gasteiger partial charge in [0.15, 0.2) is 9.84 Å². The van der Waals surface area contributed by atoms with Crippen LogP contribution in [0.4, 0.5) is 5.69 Å². The van der Waals surface area contributed by atoms with Crippen LogP contribution in [0.3, 0.4) is 0 Å². The number of benzene rings is 1. The summed E-state index contributed by atoms with van der Waals surface area (Å²) in [5.74, 6) is 0.0855. The summed E-state index contributed by atoms with van der Waals surface area (Å²) >= 11 is 3.33. The van der Waals surface area contributed by atoms with Crippen LogP contribution in [-0.2, 0) is 16.4 Å². The summed E-state index contributed by atoms with van der Waals surface area (Å²) in [4.78, 5) is 4.58. The van der Waals surface area contributed by atoms with Gasteiger partial charge in [0.25, 0.3) is 0 Å². The SMILES string of the molecule is CCS(=O)(=O)c1ccccc1NCc1ccc(Br)cn1. The summed E-state index contributed by atoms with van der Waals surface area (Å²) in [5, 5.41) is 3.13. The van der Waals surface area contributed by atoms with Crippen LogP contribution in [0, 0.1) is 0 Å². The fourth-order valence-electron chi connectivity index (χ4n) is 1.74. The van der Waals surface area contributed by atoms with E-state index in [0.29, 0.717) is 17.1 Å². The molecule has 0 unspecified atom stereocenters. The van der Waals surface area contributed by atoms with Gasteiger partial charge in [-0.1, -0.05) is 19.1 Å². The van der Waals surface area contributed by atoms with Gasteiger partial charge < -0.3 is 5.32 Å². The molecule has 2 aromatic rings. The molecule has 1 aromatic heterocycles. The first-order valence-corrected chi connectivity index (χ1v) is 8.63. The smallest absolute Gasteiger partial charge is 0.180 e. The standard InChI is InChI=1S/C14H15BrN2O2S/c1-2-20(18,19)14-6-4-3-5-13(14)17-10-12-8-7-11(15)9-16-12/h3-9,17H,2,10H2,1H3. The van der Waals surface area contributed by atoms with E-state index >= 15 is 0 Å². The topological polar surface area (TPSA) is 59.1 Å². The van der Waals surface area contributed by atoms with Crippen LogP contribution in [0.1, 0.15) is 12.6 Å². The molecule has 20 heavy (non-hydrogen) atoms. The first-order chi connectivity index (χ1) is 9.53. The summed E-state index contributed by atoms with van der Waals surface area (Å²) in [6.45, 7) is 2.12. The molecule has 4 nitrogen and oxygen atoms in total. The van der Waals surface area contributed by atoms with Crippen LogP contribution in [0.15, 0.2) is 52.0 Å². The highest BCUT2D eigenvalue weighted by atomic mass is 79.9. The van der Waals surface area contributed by atoms with E-state index in [-0.39, 0.29) is 5.75 Å². The molecular weight excluding hydrogens is 340 g/mol. The lowest BCUT2D eigenvalue weighted by Crippen LogP contribution is -2.09. The molecule has 0 aliphatic carbocycles. The van der Waals surface area contributed by atoms with Crippen LogP contribution in [0.5, 0.6) is 0 Å². The van der Waals surface area contributed by atoms with Gasteiger partial charge in [-0.3, -0.25) is 4.98 Å². The number of anilines is 1. The Morgan fingerprint density at radius 1 is 1.20 bits per heavy atom. The number of aromatic nitrogens is 1. The van der Waals surface area contributed by atoms with E-state index < -0.39 is 9.84 Å². The number of sulfone groups is 1. The number of para-hydroxylation sites is 1. The Labute approximate surface area is 127 Å². The molecule has 0 saturated heterocycles. The molecule has 0 spiro atoms. The molecule has 1 heterocycles. The van der Waals surface area contributed by atoms with Gasteiger partial charge in [-0.05, 0) is 40.2 Å². The average Bonchev–Trinajstić information content (AvgIpc) is 2.47. The highest BCUT2D eigenvalue weighted by Crippen LogP contribution is 2.22. The van der Waals surface area contributed by atoms with E-state index in [2.05, 4.69) is 26.2 Å². The lowest BCUT2D eigenvalue weighted by Gasteiger charge is -2.11. The predicted octanol–water partition coefficient (Wildman–Crippen LogP) is 3.25. The molecule has 0 aliphatic rings. The number of rotatable bonds is 5. The van der Waals surface area contributed by atoms with Gasteiger partial charge in [-0.25, -0.2) is 8.42 Å². The zero-order valence-corrected chi connectivity index (χ0v) is 13.4. The summed E-state index contributed by atoms with van der Waals surface area (Å²) in [6, 6.07) is 10.7. The molecule has 0 saturated carbocycles. The monoisotopic (exact) mass is 354 g/mol. The van der Waals surface area contributed by atoms with Gasteiger partial charge in [-0.2, -0.15) is 0 Å². The minimum Gasteiger partial charge on any atom is -0.378 e. The van der Waals surface area contributed by atoms with Crippen LogP contribution >= 0.6 is 15.9 Å². The number of nitrogens with one attached hydrogen (secondary N) is 1. The second-order valence-corrected chi connectivity index (χ2v) is 7.38. The normalized spacial score (nSPS) is 11.3. The predicted molar refractivity (Wildman–Crippen MR) is 83.4 cm³/mol. The van der Waals surface area contributed by atoms with Gasteiger partial charge in [0.2, 0.25) is 0 Å². The quantitative estimate of drug-likeness (QED) is 0.895. The number of hydrogen-bond acceptors (Lipinski definition) is 4. The van der Waals surface area contributed by atoms with Crippen molar-refractivity contribution >= 4 is 31.5 Å². The molecule has 6 heteroatoms. The average molecular weight is 355 g/mol. The summed E-state index contributed by atoms with van der Waals surface area (Å²) in [5.41, 5.74) is 1.45. The van der Waals surface area contributed by atoms with Crippen molar-refractivity contribution < 1.29 is 8.42 Å². The Hall–Kier alpha value is -1.40. The molecule has 1 N–H and O–H groups in total. The zero-order chi connectivity index (χ0) is 14.6. The molecule has 0 amide bonds. The van der Waals surface area contributed by atoms with Gasteiger partial charge in [-0.15, -0.1) is 0 Å². The molecule has 0 bridgehead atoms. The van der Waals surface area contributed by atoms with Crippen molar-refractivity contribution in [3.05, 3.63) is 52.8 Å². The Balaban J connectivity index is 2.20. The Kier molecular flexibility index (Phi) is 4.77. The third-order valence-electron chi connectivity index (χ3n) is 2.85. The van der Waals surface area contributed by atoms with Crippen molar-refractivity contribution in [1.82, 2.24) is 4.98 Å². The number of halogens is 1. The van der Waals surface area contributed by atoms with E-state index in [0.717, 1.165) is 10.2 Å². The van der Waals surface area contributed by atoms with Crippen molar-refractivity contribution in [3.8, 4) is 0 Å². The third kappa shape index (κ3) is 3.58. The largest absolute Gasteiger partial charge is 0.378 e. The van der Waals surface area contributed by atoms with Gasteiger partial charge in [0, 0.05) is 10.7 Å². The van der Waals surface area contributed by atoms with Crippen molar-refractivity contribution in [1.29, 1.82) is 0 Å². The Morgan fingerprint density at radius 2 is 1.95 bits per heavy atom. The van der Waals surface area contributed by atoms with Gasteiger partial charge >= 0.3 is 0 Å². The van der Waals surface area contributed by atoms with Crippen molar-refractivity contribution in [2.45, 2.75) is 18.4 Å². The van der Waals surface area contributed by atoms with E-state index in [1.165, 1.54) is 0 Å². The lowest BCUT2D eigenvalue weighted by atomic mass is 10.3. The van der Waals surface area contributed by atoms with Crippen LogP contribution in [0.25, 0.3) is 0 Å². The fourth-order valence-corrected chi connectivity index (χ4v) is 3.04. The molecule has 0 fully saturated rings. The first-order valence-electron chi connectivity index (χ1n) is 6.19. The second-order valence-electron chi connectivity index (χ2n) is 4.22. The van der Waals surface area contributed by atoms with Gasteiger partial charge in [0.05, 0.1) is 28.6 Å². The third-order valence-corrected chi connectivity index (χ3v) is 5.11. The number of hydrogen-bond donors (Lipinski definition) is 1. The maximum atomic E-state index is 12.0. The highest BCUT2D eigenvalue weighted by Gasteiger charge is 2.15. The molecule has 2 rings (SSSR count). The first kappa shape index (κ1) is 15.0. The molecule has 0 aliphatic heterocycles. The lowest BCUT2D eigenvalue weighted by molar-refractivity contribution is 0.597. The summed E-state index contributed by atoms with van der Waals surface area (Å²) in [6.07, 6.45) is 1.71. The highest BCUT2D eigenvalue weighted by molar-refractivity contribution is 9.10. The van der Waals surface area contributed by atoms with Crippen LogP contribution < -0.4 is 5.32 Å². The molecule has 106 valence electrons.